The first-order valence-corrected chi connectivity index (χ1v) is 3.84. The average molecular weight is 160 g/mol. The normalized spacial score (nSPS) is 40.9. The lowest BCUT2D eigenvalue weighted by Crippen LogP contribution is -2.42. The summed E-state index contributed by atoms with van der Waals surface area (Å²) in [6.07, 6.45) is 0.517. The molecule has 4 heteroatoms. The molecule has 1 heterocycles. The van der Waals surface area contributed by atoms with Crippen molar-refractivity contribution >= 4 is 0 Å². The van der Waals surface area contributed by atoms with Crippen LogP contribution in [0.15, 0.2) is 0 Å². The highest BCUT2D eigenvalue weighted by Gasteiger charge is 2.34. The van der Waals surface area contributed by atoms with Crippen molar-refractivity contribution in [3.8, 4) is 0 Å². The molecule has 0 aromatic carbocycles. The lowest BCUT2D eigenvalue weighted by atomic mass is 10.1. The monoisotopic (exact) mass is 160 g/mol. The van der Waals surface area contributed by atoms with Crippen LogP contribution in [-0.2, 0) is 9.47 Å². The molecule has 0 aliphatic carbocycles. The highest BCUT2D eigenvalue weighted by molar-refractivity contribution is 4.86. The van der Waals surface area contributed by atoms with E-state index in [1.54, 1.807) is 7.11 Å². The second-order valence-electron chi connectivity index (χ2n) is 3.02. The van der Waals surface area contributed by atoms with Gasteiger partial charge in [-0.25, -0.2) is 0 Å². The predicted molar refractivity (Wildman–Crippen MR) is 41.9 cm³/mol. The van der Waals surface area contributed by atoms with Crippen molar-refractivity contribution in [2.45, 2.75) is 37.8 Å². The minimum atomic E-state index is -0.166. The Bertz CT molecular complexity index is 130. The van der Waals surface area contributed by atoms with Gasteiger partial charge in [-0.2, -0.15) is 0 Å². The van der Waals surface area contributed by atoms with Gasteiger partial charge in [0.1, 0.15) is 0 Å². The zero-order chi connectivity index (χ0) is 8.43. The van der Waals surface area contributed by atoms with Crippen LogP contribution in [0.25, 0.3) is 0 Å². The van der Waals surface area contributed by atoms with Crippen LogP contribution >= 0.6 is 0 Å². The van der Waals surface area contributed by atoms with Crippen molar-refractivity contribution in [3.63, 3.8) is 0 Å². The first-order valence-electron chi connectivity index (χ1n) is 3.84. The lowest BCUT2D eigenvalue weighted by molar-refractivity contribution is -0.118. The van der Waals surface area contributed by atoms with Gasteiger partial charge in [0.05, 0.1) is 6.10 Å². The van der Waals surface area contributed by atoms with Gasteiger partial charge in [-0.05, 0) is 6.92 Å². The molecule has 1 saturated heterocycles. The fourth-order valence-electron chi connectivity index (χ4n) is 1.35. The van der Waals surface area contributed by atoms with Gasteiger partial charge >= 0.3 is 0 Å². The summed E-state index contributed by atoms with van der Waals surface area (Å²) in [5.41, 5.74) is 11.4. The van der Waals surface area contributed by atoms with E-state index in [2.05, 4.69) is 0 Å². The van der Waals surface area contributed by atoms with Crippen LogP contribution in [0.3, 0.4) is 0 Å². The van der Waals surface area contributed by atoms with Crippen LogP contribution in [0, 0.1) is 0 Å². The first-order chi connectivity index (χ1) is 5.15. The van der Waals surface area contributed by atoms with E-state index in [1.165, 1.54) is 0 Å². The predicted octanol–water partition coefficient (Wildman–Crippen LogP) is -0.578. The fraction of sp³-hybridized carbons (Fsp3) is 1.00. The van der Waals surface area contributed by atoms with Crippen molar-refractivity contribution in [3.05, 3.63) is 0 Å². The van der Waals surface area contributed by atoms with Crippen LogP contribution in [-0.4, -0.2) is 31.6 Å². The molecule has 1 aliphatic rings. The van der Waals surface area contributed by atoms with Gasteiger partial charge < -0.3 is 20.9 Å². The molecule has 1 fully saturated rings. The van der Waals surface area contributed by atoms with Crippen molar-refractivity contribution in [1.82, 2.24) is 0 Å². The molecule has 1 rings (SSSR count). The summed E-state index contributed by atoms with van der Waals surface area (Å²) in [5, 5.41) is 0. The molecular weight excluding hydrogens is 144 g/mol. The smallest absolute Gasteiger partial charge is 0.159 e. The molecule has 0 aromatic heterocycles. The molecular formula is C7H16N2O2. The van der Waals surface area contributed by atoms with E-state index in [4.69, 9.17) is 20.9 Å². The van der Waals surface area contributed by atoms with E-state index in [-0.39, 0.29) is 24.5 Å². The Balaban J connectivity index is 2.45. The number of hydrogen-bond donors (Lipinski definition) is 2. The van der Waals surface area contributed by atoms with Gasteiger partial charge in [-0.15, -0.1) is 0 Å². The Morgan fingerprint density at radius 2 is 2.27 bits per heavy atom. The molecule has 4 nitrogen and oxygen atoms in total. The maximum absolute atomic E-state index is 5.76. The van der Waals surface area contributed by atoms with Crippen molar-refractivity contribution in [2.75, 3.05) is 7.11 Å². The Labute approximate surface area is 66.8 Å². The van der Waals surface area contributed by atoms with Crippen LogP contribution in [0.4, 0.5) is 0 Å². The quantitative estimate of drug-likeness (QED) is 0.567. The standard InChI is InChI=1S/C7H16N2O2/c1-4(8)7-5(9)3-6(10-2)11-7/h4-7H,3,8-9H2,1-2H3/t4-,5-,6+,7+/m0/s1. The summed E-state index contributed by atoms with van der Waals surface area (Å²) >= 11 is 0. The molecule has 0 unspecified atom stereocenters. The van der Waals surface area contributed by atoms with E-state index in [9.17, 15) is 0 Å². The number of rotatable bonds is 2. The number of ether oxygens (including phenoxy) is 2. The van der Waals surface area contributed by atoms with Crippen LogP contribution in [0.2, 0.25) is 0 Å². The highest BCUT2D eigenvalue weighted by atomic mass is 16.7. The first kappa shape index (κ1) is 8.93. The van der Waals surface area contributed by atoms with Crippen LogP contribution in [0.1, 0.15) is 13.3 Å². The van der Waals surface area contributed by atoms with Crippen LogP contribution < -0.4 is 11.5 Å². The second kappa shape index (κ2) is 3.49. The Morgan fingerprint density at radius 3 is 2.55 bits per heavy atom. The molecule has 4 N–H and O–H groups in total. The van der Waals surface area contributed by atoms with Crippen molar-refractivity contribution in [1.29, 1.82) is 0 Å². The zero-order valence-electron chi connectivity index (χ0n) is 6.99. The maximum atomic E-state index is 5.76. The highest BCUT2D eigenvalue weighted by Crippen LogP contribution is 2.20. The molecule has 0 bridgehead atoms. The Hall–Kier alpha value is -0.160. The molecule has 0 aromatic rings. The van der Waals surface area contributed by atoms with E-state index in [0.717, 1.165) is 6.42 Å². The summed E-state index contributed by atoms with van der Waals surface area (Å²) in [7, 11) is 1.61. The summed E-state index contributed by atoms with van der Waals surface area (Å²) < 4.78 is 10.4. The zero-order valence-corrected chi connectivity index (χ0v) is 6.99. The third kappa shape index (κ3) is 1.90. The topological polar surface area (TPSA) is 70.5 Å². The second-order valence-corrected chi connectivity index (χ2v) is 3.02. The van der Waals surface area contributed by atoms with E-state index in [0.29, 0.717) is 0 Å². The summed E-state index contributed by atoms with van der Waals surface area (Å²) in [4.78, 5) is 0. The van der Waals surface area contributed by atoms with Gasteiger partial charge in [0.15, 0.2) is 6.29 Å². The average Bonchev–Trinajstić information content (AvgIpc) is 2.30. The largest absolute Gasteiger partial charge is 0.356 e. The molecule has 0 saturated carbocycles. The number of hydrogen-bond acceptors (Lipinski definition) is 4. The van der Waals surface area contributed by atoms with Gasteiger partial charge in [-0.3, -0.25) is 0 Å². The molecule has 0 spiro atoms. The summed E-state index contributed by atoms with van der Waals surface area (Å²) in [6.45, 7) is 1.89. The number of nitrogens with two attached hydrogens (primary N) is 2. The van der Waals surface area contributed by atoms with Gasteiger partial charge in [0.25, 0.3) is 0 Å². The van der Waals surface area contributed by atoms with Crippen LogP contribution in [0.5, 0.6) is 0 Å². The summed E-state index contributed by atoms with van der Waals surface area (Å²) in [6, 6.07) is -0.00917. The van der Waals surface area contributed by atoms with E-state index < -0.39 is 0 Å². The molecule has 66 valence electrons. The molecule has 1 aliphatic heterocycles. The Kier molecular flexibility index (Phi) is 2.84. The Morgan fingerprint density at radius 1 is 1.64 bits per heavy atom. The molecule has 0 radical (unpaired) electrons. The van der Waals surface area contributed by atoms with Gasteiger partial charge in [0, 0.05) is 25.6 Å². The SMILES string of the molecule is CO[C@H]1C[C@H](N)[C@@H]([C@H](C)N)O1. The minimum Gasteiger partial charge on any atom is -0.356 e. The third-order valence-electron chi connectivity index (χ3n) is 1.98. The van der Waals surface area contributed by atoms with Crippen molar-refractivity contribution in [2.24, 2.45) is 11.5 Å². The minimum absolute atomic E-state index is 0.0138. The van der Waals surface area contributed by atoms with Crippen molar-refractivity contribution < 1.29 is 9.47 Å². The van der Waals surface area contributed by atoms with Gasteiger partial charge in [0.2, 0.25) is 0 Å². The maximum Gasteiger partial charge on any atom is 0.159 e. The lowest BCUT2D eigenvalue weighted by Gasteiger charge is -2.18. The fourth-order valence-corrected chi connectivity index (χ4v) is 1.35. The summed E-state index contributed by atoms with van der Waals surface area (Å²) in [5.74, 6) is 0. The molecule has 0 amide bonds. The van der Waals surface area contributed by atoms with Gasteiger partial charge in [-0.1, -0.05) is 0 Å². The molecule has 4 atom stereocenters. The third-order valence-corrected chi connectivity index (χ3v) is 1.98. The van der Waals surface area contributed by atoms with E-state index in [1.807, 2.05) is 6.92 Å². The molecule has 11 heavy (non-hydrogen) atoms. The van der Waals surface area contributed by atoms with E-state index >= 15 is 0 Å². The number of methoxy groups -OCH3 is 1.